The average Bonchev–Trinajstić information content (AvgIpc) is 2.38. The standard InChI is InChI=1S/C12H11FN2O3S/c13-10-2-1-3-11(6-10)15-19(17,18)12-5-4-9(8-16)7-14-12/h1-7,15-16H,8H2. The largest absolute Gasteiger partial charge is 0.392 e. The minimum absolute atomic E-state index is 0.119. The molecule has 0 atom stereocenters. The van der Waals surface area contributed by atoms with Crippen LogP contribution in [0.15, 0.2) is 47.6 Å². The Morgan fingerprint density at radius 2 is 2.05 bits per heavy atom. The second kappa shape index (κ2) is 5.33. The van der Waals surface area contributed by atoms with Gasteiger partial charge >= 0.3 is 0 Å². The summed E-state index contributed by atoms with van der Waals surface area (Å²) in [5.41, 5.74) is 0.623. The van der Waals surface area contributed by atoms with E-state index in [9.17, 15) is 12.8 Å². The van der Waals surface area contributed by atoms with E-state index in [1.807, 2.05) is 0 Å². The maximum Gasteiger partial charge on any atom is 0.279 e. The summed E-state index contributed by atoms with van der Waals surface area (Å²) in [6, 6.07) is 7.84. The van der Waals surface area contributed by atoms with Crippen LogP contribution in [-0.4, -0.2) is 18.5 Å². The van der Waals surface area contributed by atoms with E-state index in [1.54, 1.807) is 0 Å². The molecule has 19 heavy (non-hydrogen) atoms. The molecule has 0 saturated heterocycles. The topological polar surface area (TPSA) is 79.3 Å². The number of aromatic nitrogens is 1. The minimum Gasteiger partial charge on any atom is -0.392 e. The number of sulfonamides is 1. The number of hydrogen-bond acceptors (Lipinski definition) is 4. The SMILES string of the molecule is O=S(=O)(Nc1cccc(F)c1)c1ccc(CO)cn1. The Morgan fingerprint density at radius 3 is 2.63 bits per heavy atom. The molecule has 0 aliphatic heterocycles. The third-order valence-electron chi connectivity index (χ3n) is 2.33. The van der Waals surface area contributed by atoms with Crippen LogP contribution in [0.25, 0.3) is 0 Å². The molecule has 100 valence electrons. The van der Waals surface area contributed by atoms with Gasteiger partial charge in [-0.15, -0.1) is 0 Å². The lowest BCUT2D eigenvalue weighted by Crippen LogP contribution is -2.14. The zero-order chi connectivity index (χ0) is 13.9. The molecule has 5 nitrogen and oxygen atoms in total. The number of halogens is 1. The van der Waals surface area contributed by atoms with Crippen LogP contribution in [0.4, 0.5) is 10.1 Å². The molecule has 2 N–H and O–H groups in total. The molecule has 0 aliphatic carbocycles. The van der Waals surface area contributed by atoms with Crippen LogP contribution < -0.4 is 4.72 Å². The molecule has 0 aliphatic rings. The number of rotatable bonds is 4. The number of pyridine rings is 1. The van der Waals surface area contributed by atoms with Crippen LogP contribution in [-0.2, 0) is 16.6 Å². The number of anilines is 1. The maximum atomic E-state index is 13.0. The van der Waals surface area contributed by atoms with Gasteiger partial charge in [0.1, 0.15) is 5.82 Å². The van der Waals surface area contributed by atoms with Crippen molar-refractivity contribution in [3.8, 4) is 0 Å². The van der Waals surface area contributed by atoms with Gasteiger partial charge in [0.15, 0.2) is 5.03 Å². The summed E-state index contributed by atoms with van der Waals surface area (Å²) >= 11 is 0. The third-order valence-corrected chi connectivity index (χ3v) is 3.63. The van der Waals surface area contributed by atoms with Gasteiger partial charge in [-0.25, -0.2) is 9.37 Å². The molecule has 2 rings (SSSR count). The number of benzene rings is 1. The molecule has 0 saturated carbocycles. The van der Waals surface area contributed by atoms with Crippen molar-refractivity contribution in [1.82, 2.24) is 4.98 Å². The van der Waals surface area contributed by atoms with Gasteiger partial charge in [0.25, 0.3) is 10.0 Å². The van der Waals surface area contributed by atoms with E-state index in [2.05, 4.69) is 9.71 Å². The van der Waals surface area contributed by atoms with Crippen LogP contribution >= 0.6 is 0 Å². The first-order chi connectivity index (χ1) is 9.01. The van der Waals surface area contributed by atoms with Crippen molar-refractivity contribution >= 4 is 15.7 Å². The first-order valence-electron chi connectivity index (χ1n) is 5.35. The van der Waals surface area contributed by atoms with Crippen LogP contribution in [0.3, 0.4) is 0 Å². The lowest BCUT2D eigenvalue weighted by molar-refractivity contribution is 0.281. The van der Waals surface area contributed by atoms with Gasteiger partial charge in [0.2, 0.25) is 0 Å². The molecule has 7 heteroatoms. The summed E-state index contributed by atoms with van der Waals surface area (Å²) < 4.78 is 39.1. The van der Waals surface area contributed by atoms with E-state index in [-0.39, 0.29) is 17.3 Å². The molecule has 2 aromatic rings. The van der Waals surface area contributed by atoms with Gasteiger partial charge in [0, 0.05) is 6.20 Å². The minimum atomic E-state index is -3.86. The van der Waals surface area contributed by atoms with Gasteiger partial charge < -0.3 is 5.11 Å². The first-order valence-corrected chi connectivity index (χ1v) is 6.84. The van der Waals surface area contributed by atoms with Gasteiger partial charge in [-0.3, -0.25) is 4.72 Å². The molecular formula is C12H11FN2O3S. The van der Waals surface area contributed by atoms with Crippen molar-refractivity contribution in [2.75, 3.05) is 4.72 Å². The normalized spacial score (nSPS) is 11.3. The molecule has 0 bridgehead atoms. The van der Waals surface area contributed by atoms with Crippen LogP contribution in [0.2, 0.25) is 0 Å². The lowest BCUT2D eigenvalue weighted by atomic mass is 10.3. The fourth-order valence-electron chi connectivity index (χ4n) is 1.42. The smallest absolute Gasteiger partial charge is 0.279 e. The Balaban J connectivity index is 2.27. The van der Waals surface area contributed by atoms with Crippen LogP contribution in [0, 0.1) is 5.82 Å². The summed E-state index contributed by atoms with van der Waals surface area (Å²) in [7, 11) is -3.86. The Morgan fingerprint density at radius 1 is 1.26 bits per heavy atom. The zero-order valence-electron chi connectivity index (χ0n) is 9.75. The number of hydrogen-bond donors (Lipinski definition) is 2. The van der Waals surface area contributed by atoms with E-state index in [4.69, 9.17) is 5.11 Å². The van der Waals surface area contributed by atoms with Crippen molar-refractivity contribution in [3.05, 3.63) is 54.0 Å². The van der Waals surface area contributed by atoms with E-state index in [1.165, 1.54) is 36.5 Å². The highest BCUT2D eigenvalue weighted by Gasteiger charge is 2.15. The Bertz CT molecular complexity index is 672. The van der Waals surface area contributed by atoms with E-state index < -0.39 is 15.8 Å². The van der Waals surface area contributed by atoms with Crippen LogP contribution in [0.5, 0.6) is 0 Å². The highest BCUT2D eigenvalue weighted by atomic mass is 32.2. The first kappa shape index (κ1) is 13.4. The van der Waals surface area contributed by atoms with E-state index in [0.717, 1.165) is 6.07 Å². The Labute approximate surface area is 109 Å². The zero-order valence-corrected chi connectivity index (χ0v) is 10.6. The summed E-state index contributed by atoms with van der Waals surface area (Å²) in [6.07, 6.45) is 1.26. The van der Waals surface area contributed by atoms with Gasteiger partial charge in [-0.2, -0.15) is 8.42 Å². The lowest BCUT2D eigenvalue weighted by Gasteiger charge is -2.07. The van der Waals surface area contributed by atoms with Gasteiger partial charge in [-0.05, 0) is 29.8 Å². The average molecular weight is 282 g/mol. The fourth-order valence-corrected chi connectivity index (χ4v) is 2.40. The predicted octanol–water partition coefficient (Wildman–Crippen LogP) is 1.51. The summed E-state index contributed by atoms with van der Waals surface area (Å²) in [6.45, 7) is -0.218. The second-order valence-corrected chi connectivity index (χ2v) is 5.41. The van der Waals surface area contributed by atoms with Crippen molar-refractivity contribution in [3.63, 3.8) is 0 Å². The predicted molar refractivity (Wildman–Crippen MR) is 67.4 cm³/mol. The van der Waals surface area contributed by atoms with Crippen molar-refractivity contribution < 1.29 is 17.9 Å². The molecule has 0 radical (unpaired) electrons. The fraction of sp³-hybridized carbons (Fsp3) is 0.0833. The van der Waals surface area contributed by atoms with Crippen LogP contribution in [0.1, 0.15) is 5.56 Å². The summed E-state index contributed by atoms with van der Waals surface area (Å²) in [4.78, 5) is 3.74. The molecule has 0 amide bonds. The Hall–Kier alpha value is -1.99. The van der Waals surface area contributed by atoms with Crippen molar-refractivity contribution in [1.29, 1.82) is 0 Å². The molecule has 0 spiro atoms. The monoisotopic (exact) mass is 282 g/mol. The van der Waals surface area contributed by atoms with E-state index in [0.29, 0.717) is 5.56 Å². The summed E-state index contributed by atoms with van der Waals surface area (Å²) in [5, 5.41) is 8.65. The number of aliphatic hydroxyl groups excluding tert-OH is 1. The highest BCUT2D eigenvalue weighted by Crippen LogP contribution is 2.15. The highest BCUT2D eigenvalue weighted by molar-refractivity contribution is 7.92. The van der Waals surface area contributed by atoms with Gasteiger partial charge in [-0.1, -0.05) is 12.1 Å². The Kier molecular flexibility index (Phi) is 3.77. The van der Waals surface area contributed by atoms with Gasteiger partial charge in [0.05, 0.1) is 12.3 Å². The molecule has 1 aromatic heterocycles. The van der Waals surface area contributed by atoms with E-state index >= 15 is 0 Å². The number of nitrogens with zero attached hydrogens (tertiary/aromatic N) is 1. The van der Waals surface area contributed by atoms with Crippen molar-refractivity contribution in [2.45, 2.75) is 11.6 Å². The number of nitrogens with one attached hydrogen (secondary N) is 1. The summed E-state index contributed by atoms with van der Waals surface area (Å²) in [5.74, 6) is -0.538. The van der Waals surface area contributed by atoms with Crippen molar-refractivity contribution in [2.24, 2.45) is 0 Å². The molecule has 0 unspecified atom stereocenters. The molecular weight excluding hydrogens is 271 g/mol. The third kappa shape index (κ3) is 3.27. The molecule has 1 heterocycles. The second-order valence-electron chi connectivity index (χ2n) is 3.78. The maximum absolute atomic E-state index is 13.0. The quantitative estimate of drug-likeness (QED) is 0.891. The molecule has 1 aromatic carbocycles. The number of aliphatic hydroxyl groups is 1. The molecule has 0 fully saturated rings.